The summed E-state index contributed by atoms with van der Waals surface area (Å²) in [5.74, 6) is 0. The normalized spacial score (nSPS) is 14.6. The number of non-ortho nitro benzene ring substituents is 2. The summed E-state index contributed by atoms with van der Waals surface area (Å²) in [4.78, 5) is 33.0. The lowest BCUT2D eigenvalue weighted by Crippen LogP contribution is -2.51. The van der Waals surface area contributed by atoms with Crippen LogP contribution in [0.1, 0.15) is 20.8 Å². The molecule has 0 saturated carbocycles. The molecule has 2 aromatic carbocycles. The number of halogens is 3. The van der Waals surface area contributed by atoms with Gasteiger partial charge in [-0.05, 0) is 32.9 Å². The Bertz CT molecular complexity index is 1520. The van der Waals surface area contributed by atoms with E-state index in [2.05, 4.69) is 31.9 Å². The minimum Gasteiger partial charge on any atom is -0.444 e. The predicted molar refractivity (Wildman–Crippen MR) is 151 cm³/mol. The molecule has 0 aromatic heterocycles. The topological polar surface area (TPSA) is 187 Å². The van der Waals surface area contributed by atoms with Crippen molar-refractivity contribution < 1.29 is 36.2 Å². The Kier molecular flexibility index (Phi) is 11.1. The maximum atomic E-state index is 12.8. The van der Waals surface area contributed by atoms with Crippen LogP contribution in [0.3, 0.4) is 0 Å². The second kappa shape index (κ2) is 13.1. The van der Waals surface area contributed by atoms with E-state index in [0.717, 1.165) is 12.1 Å². The minimum atomic E-state index is -3.94. The molecule has 1 aliphatic heterocycles. The molecule has 0 aliphatic carbocycles. The SMILES string of the molecule is CC(C)(C)OC(=O)N1CCN(S(=O)(=O)c2cc(Br)cc([N+](=O)[O-])c2)CC1.O=[N+]([O-])c1cc(Br)cc(S(=O)(=O)Cl)c1. The third-order valence-electron chi connectivity index (χ3n) is 4.94. The number of rotatable bonds is 5. The molecule has 0 unspecified atom stereocenters. The van der Waals surface area contributed by atoms with Gasteiger partial charge in [-0.3, -0.25) is 20.2 Å². The Morgan fingerprint density at radius 3 is 1.68 bits per heavy atom. The van der Waals surface area contributed by atoms with Gasteiger partial charge in [0.1, 0.15) is 5.60 Å². The van der Waals surface area contributed by atoms with Crippen LogP contribution in [-0.4, -0.2) is 73.8 Å². The molecule has 1 aliphatic rings. The number of amides is 1. The van der Waals surface area contributed by atoms with Gasteiger partial charge >= 0.3 is 6.09 Å². The zero-order valence-electron chi connectivity index (χ0n) is 21.1. The van der Waals surface area contributed by atoms with Gasteiger partial charge in [-0.1, -0.05) is 31.9 Å². The molecular formula is C21H23Br2ClN4O10S2. The van der Waals surface area contributed by atoms with Crippen LogP contribution in [0.15, 0.2) is 55.1 Å². The van der Waals surface area contributed by atoms with Crippen LogP contribution in [0.2, 0.25) is 0 Å². The second-order valence-electron chi connectivity index (χ2n) is 9.11. The fourth-order valence-electron chi connectivity index (χ4n) is 3.18. The third kappa shape index (κ3) is 9.62. The van der Waals surface area contributed by atoms with Crippen LogP contribution in [0.5, 0.6) is 0 Å². The Labute approximate surface area is 251 Å². The molecule has 19 heteroatoms. The van der Waals surface area contributed by atoms with Gasteiger partial charge in [0.25, 0.3) is 20.4 Å². The van der Waals surface area contributed by atoms with Gasteiger partial charge in [0.05, 0.1) is 19.6 Å². The highest BCUT2D eigenvalue weighted by Crippen LogP contribution is 2.28. The molecule has 0 N–H and O–H groups in total. The van der Waals surface area contributed by atoms with Crippen molar-refractivity contribution in [1.82, 2.24) is 9.21 Å². The lowest BCUT2D eigenvalue weighted by Gasteiger charge is -2.34. The Balaban J connectivity index is 0.000000337. The van der Waals surface area contributed by atoms with E-state index in [1.165, 1.54) is 33.5 Å². The first kappa shape index (κ1) is 33.8. The van der Waals surface area contributed by atoms with Crippen molar-refractivity contribution in [3.63, 3.8) is 0 Å². The minimum absolute atomic E-state index is 0.0852. The van der Waals surface area contributed by atoms with E-state index >= 15 is 0 Å². The molecule has 220 valence electrons. The van der Waals surface area contributed by atoms with Crippen LogP contribution in [0.4, 0.5) is 16.2 Å². The smallest absolute Gasteiger partial charge is 0.410 e. The summed E-state index contributed by atoms with van der Waals surface area (Å²) >= 11 is 6.04. The average molecular weight is 751 g/mol. The van der Waals surface area contributed by atoms with Crippen LogP contribution < -0.4 is 0 Å². The Hall–Kier alpha value is -2.38. The van der Waals surface area contributed by atoms with Crippen molar-refractivity contribution >= 4 is 79.1 Å². The number of nitro groups is 2. The maximum Gasteiger partial charge on any atom is 0.410 e. The lowest BCUT2D eigenvalue weighted by atomic mass is 10.2. The van der Waals surface area contributed by atoms with E-state index in [1.54, 1.807) is 20.8 Å². The molecule has 1 saturated heterocycles. The fraction of sp³-hybridized carbons (Fsp3) is 0.381. The highest BCUT2D eigenvalue weighted by atomic mass is 79.9. The van der Waals surface area contributed by atoms with Crippen LogP contribution in [-0.2, 0) is 23.8 Å². The largest absolute Gasteiger partial charge is 0.444 e. The van der Waals surface area contributed by atoms with Crippen molar-refractivity contribution in [3.05, 3.63) is 65.6 Å². The third-order valence-corrected chi connectivity index (χ3v) is 9.07. The molecule has 2 aromatic rings. The Morgan fingerprint density at radius 2 is 1.27 bits per heavy atom. The van der Waals surface area contributed by atoms with Crippen LogP contribution in [0, 0.1) is 20.2 Å². The fourth-order valence-corrected chi connectivity index (χ4v) is 6.73. The Morgan fingerprint density at radius 1 is 0.850 bits per heavy atom. The van der Waals surface area contributed by atoms with Crippen molar-refractivity contribution in [3.8, 4) is 0 Å². The molecule has 0 atom stereocenters. The zero-order chi connectivity index (χ0) is 30.6. The molecule has 40 heavy (non-hydrogen) atoms. The van der Waals surface area contributed by atoms with Crippen molar-refractivity contribution in [1.29, 1.82) is 0 Å². The molecule has 14 nitrogen and oxygen atoms in total. The van der Waals surface area contributed by atoms with E-state index in [1.807, 2.05) is 0 Å². The van der Waals surface area contributed by atoms with Gasteiger partial charge in [-0.25, -0.2) is 21.6 Å². The first-order chi connectivity index (χ1) is 18.2. The lowest BCUT2D eigenvalue weighted by molar-refractivity contribution is -0.385. The highest BCUT2D eigenvalue weighted by molar-refractivity contribution is 9.10. The molecule has 1 heterocycles. The summed E-state index contributed by atoms with van der Waals surface area (Å²) in [5.41, 5.74) is -1.28. The summed E-state index contributed by atoms with van der Waals surface area (Å²) in [5, 5.41) is 21.3. The number of hydrogen-bond acceptors (Lipinski definition) is 10. The van der Waals surface area contributed by atoms with Gasteiger partial charge in [-0.15, -0.1) is 0 Å². The van der Waals surface area contributed by atoms with E-state index < -0.39 is 40.6 Å². The number of nitro benzene ring substituents is 2. The van der Waals surface area contributed by atoms with Crippen molar-refractivity contribution in [2.24, 2.45) is 0 Å². The molecule has 3 rings (SSSR count). The maximum absolute atomic E-state index is 12.8. The number of carbonyl (C=O) groups is 1. The number of benzene rings is 2. The van der Waals surface area contributed by atoms with Crippen LogP contribution in [0.25, 0.3) is 0 Å². The summed E-state index contributed by atoms with van der Waals surface area (Å²) in [6.45, 7) is 5.81. The van der Waals surface area contributed by atoms with Crippen molar-refractivity contribution in [2.45, 2.75) is 36.2 Å². The first-order valence-corrected chi connectivity index (χ1v) is 16.4. The molecule has 1 amide bonds. The quantitative estimate of drug-likeness (QED) is 0.232. The van der Waals surface area contributed by atoms with E-state index in [9.17, 15) is 41.9 Å². The number of ether oxygens (including phenoxy) is 1. The van der Waals surface area contributed by atoms with Crippen molar-refractivity contribution in [2.75, 3.05) is 26.2 Å². The molecular weight excluding hydrogens is 728 g/mol. The zero-order valence-corrected chi connectivity index (χ0v) is 26.7. The van der Waals surface area contributed by atoms with Gasteiger partial charge in [-0.2, -0.15) is 4.31 Å². The van der Waals surface area contributed by atoms with Gasteiger partial charge in [0.2, 0.25) is 10.0 Å². The van der Waals surface area contributed by atoms with E-state index in [4.69, 9.17) is 15.4 Å². The summed E-state index contributed by atoms with van der Waals surface area (Å²) in [6.07, 6.45) is -0.493. The van der Waals surface area contributed by atoms with Crippen LogP contribution >= 0.6 is 42.5 Å². The van der Waals surface area contributed by atoms with Gasteiger partial charge in [0, 0.05) is 70.1 Å². The number of carbonyl (C=O) groups excluding carboxylic acids is 1. The molecule has 0 radical (unpaired) electrons. The number of hydrogen-bond donors (Lipinski definition) is 0. The standard InChI is InChI=1S/C15H20BrN3O6S.C6H3BrClNO4S/c1-15(2,3)25-14(20)17-4-6-18(7-5-17)26(23,24)13-9-11(16)8-12(10-13)19(21)22;7-4-1-5(9(10)11)3-6(2-4)14(8,12)13/h8-10H,4-7H2,1-3H3;1-3H. The summed E-state index contributed by atoms with van der Waals surface area (Å²) in [7, 11) is -2.81. The number of sulfonamides is 1. The summed E-state index contributed by atoms with van der Waals surface area (Å²) in [6, 6.07) is 6.86. The number of piperazine rings is 1. The average Bonchev–Trinajstić information content (AvgIpc) is 2.82. The summed E-state index contributed by atoms with van der Waals surface area (Å²) < 4.78 is 54.4. The van der Waals surface area contributed by atoms with E-state index in [-0.39, 0.29) is 51.8 Å². The van der Waals surface area contributed by atoms with Gasteiger partial charge in [0.15, 0.2) is 0 Å². The first-order valence-electron chi connectivity index (χ1n) is 11.0. The second-order valence-corrected chi connectivity index (χ2v) is 15.4. The number of nitrogens with zero attached hydrogens (tertiary/aromatic N) is 4. The van der Waals surface area contributed by atoms with E-state index in [0.29, 0.717) is 4.47 Å². The molecule has 0 spiro atoms. The highest BCUT2D eigenvalue weighted by Gasteiger charge is 2.33. The monoisotopic (exact) mass is 748 g/mol. The predicted octanol–water partition coefficient (Wildman–Crippen LogP) is 4.88. The van der Waals surface area contributed by atoms with Gasteiger partial charge < -0.3 is 9.64 Å². The molecule has 1 fully saturated rings. The molecule has 0 bridgehead atoms.